The summed E-state index contributed by atoms with van der Waals surface area (Å²) in [5.74, 6) is -2.97. The van der Waals surface area contributed by atoms with Crippen molar-refractivity contribution in [1.29, 1.82) is 0 Å². The number of hydrogen-bond donors (Lipinski definition) is 9. The largest absolute Gasteiger partial charge is 0.508 e. The fourth-order valence-corrected chi connectivity index (χ4v) is 3.13. The molecule has 226 valence electrons. The molecule has 3 atom stereocenters. The predicted molar refractivity (Wildman–Crippen MR) is 148 cm³/mol. The van der Waals surface area contributed by atoms with Gasteiger partial charge in [0.2, 0.25) is 0 Å². The minimum absolute atomic E-state index is 0.0312. The highest BCUT2D eigenvalue weighted by Crippen LogP contribution is 2.13. The number of aromatic hydroxyl groups is 3. The number of nitro groups is 1. The van der Waals surface area contributed by atoms with Crippen LogP contribution >= 0.6 is 0 Å². The third kappa shape index (κ3) is 14.1. The third-order valence-corrected chi connectivity index (χ3v) is 5.35. The standard InChI is InChI=1S/C9H10N2O5.2C9H11NO3/c12-7-3-1-6(2-4-7)5-8(9(13)14)10-11(15)16;2*10-8(9(12)13)5-6-1-3-7(11)4-2-6/h1-4,8,10,12H,5H2,(H,13,14);2*1-4,8,11H,5,10H2,(H,12,13)/t3*8-/m000/s1. The van der Waals surface area contributed by atoms with E-state index in [1.807, 2.05) is 0 Å². The highest BCUT2D eigenvalue weighted by atomic mass is 16.7. The summed E-state index contributed by atoms with van der Waals surface area (Å²) in [6.07, 6.45) is 0.516. The SMILES string of the molecule is N[C@@H](Cc1ccc(O)cc1)C(=O)O.N[C@@H](Cc1ccc(O)cc1)C(=O)O.O=C(O)[C@H](Cc1ccc(O)cc1)N[N+](=O)[O-]. The quantitative estimate of drug-likeness (QED) is 0.111. The summed E-state index contributed by atoms with van der Waals surface area (Å²) in [5, 5.41) is 61.9. The van der Waals surface area contributed by atoms with E-state index in [1.165, 1.54) is 48.5 Å². The van der Waals surface area contributed by atoms with Gasteiger partial charge < -0.3 is 42.1 Å². The van der Waals surface area contributed by atoms with Gasteiger partial charge in [-0.1, -0.05) is 36.4 Å². The average molecular weight is 589 g/mol. The molecule has 11 N–H and O–H groups in total. The summed E-state index contributed by atoms with van der Waals surface area (Å²) in [5.41, 5.74) is 14.5. The van der Waals surface area contributed by atoms with Crippen molar-refractivity contribution < 1.29 is 50.1 Å². The van der Waals surface area contributed by atoms with Crippen LogP contribution in [0.5, 0.6) is 17.2 Å². The number of aliphatic carboxylic acids is 3. The van der Waals surface area contributed by atoms with E-state index in [4.69, 9.17) is 42.1 Å². The Balaban J connectivity index is 0.000000318. The normalized spacial score (nSPS) is 12.1. The molecule has 0 fully saturated rings. The van der Waals surface area contributed by atoms with Crippen molar-refractivity contribution in [1.82, 2.24) is 5.43 Å². The van der Waals surface area contributed by atoms with E-state index in [0.29, 0.717) is 5.56 Å². The predicted octanol–water partition coefficient (Wildman–Crippen LogP) is 0.862. The van der Waals surface area contributed by atoms with Gasteiger partial charge in [-0.05, 0) is 65.9 Å². The fourth-order valence-electron chi connectivity index (χ4n) is 3.13. The van der Waals surface area contributed by atoms with Crippen LogP contribution < -0.4 is 16.9 Å². The van der Waals surface area contributed by atoms with Gasteiger partial charge in [-0.3, -0.25) is 9.59 Å². The average Bonchev–Trinajstić information content (AvgIpc) is 2.92. The number of hydrogen-bond acceptors (Lipinski definition) is 10. The van der Waals surface area contributed by atoms with Gasteiger partial charge in [0.25, 0.3) is 0 Å². The van der Waals surface area contributed by atoms with Crippen LogP contribution in [0.2, 0.25) is 0 Å². The Bertz CT molecular complexity index is 1240. The zero-order valence-corrected chi connectivity index (χ0v) is 22.1. The number of phenols is 3. The van der Waals surface area contributed by atoms with Crippen molar-refractivity contribution in [3.63, 3.8) is 0 Å². The number of phenolic OH excluding ortho intramolecular Hbond substituents is 3. The molecule has 0 spiro atoms. The molecular formula is C27H32N4O11. The second-order valence-electron chi connectivity index (χ2n) is 8.78. The Kier molecular flexibility index (Phi) is 14.3. The van der Waals surface area contributed by atoms with E-state index >= 15 is 0 Å². The number of carboxylic acid groups (broad SMARTS) is 3. The van der Waals surface area contributed by atoms with E-state index in [2.05, 4.69) is 0 Å². The maximum atomic E-state index is 10.7. The summed E-state index contributed by atoms with van der Waals surface area (Å²) in [4.78, 5) is 41.6. The van der Waals surface area contributed by atoms with Crippen molar-refractivity contribution in [2.24, 2.45) is 11.5 Å². The molecule has 0 heterocycles. The van der Waals surface area contributed by atoms with Gasteiger partial charge in [-0.15, -0.1) is 5.43 Å². The first kappa shape index (κ1) is 34.6. The number of nitrogens with two attached hydrogens (primary N) is 2. The van der Waals surface area contributed by atoms with E-state index in [1.54, 1.807) is 29.7 Å². The van der Waals surface area contributed by atoms with Gasteiger partial charge in [0.05, 0.1) is 0 Å². The molecule has 0 radical (unpaired) electrons. The molecule has 3 aromatic rings. The van der Waals surface area contributed by atoms with Crippen LogP contribution in [0.3, 0.4) is 0 Å². The third-order valence-electron chi connectivity index (χ3n) is 5.35. The first-order valence-corrected chi connectivity index (χ1v) is 12.1. The molecule has 3 aromatic carbocycles. The van der Waals surface area contributed by atoms with E-state index in [0.717, 1.165) is 11.1 Å². The van der Waals surface area contributed by atoms with Crippen LogP contribution in [-0.4, -0.2) is 71.7 Å². The Morgan fingerprint density at radius 1 is 0.619 bits per heavy atom. The minimum atomic E-state index is -1.30. The van der Waals surface area contributed by atoms with Crippen LogP contribution in [-0.2, 0) is 33.6 Å². The van der Waals surface area contributed by atoms with Gasteiger partial charge in [0, 0.05) is 6.42 Å². The number of rotatable bonds is 11. The summed E-state index contributed by atoms with van der Waals surface area (Å²) in [6.45, 7) is 0. The van der Waals surface area contributed by atoms with Gasteiger partial charge in [0.15, 0.2) is 11.1 Å². The van der Waals surface area contributed by atoms with Crippen LogP contribution in [0.4, 0.5) is 0 Å². The highest BCUT2D eigenvalue weighted by molar-refractivity contribution is 5.74. The number of nitrogens with zero attached hydrogens (tertiary/aromatic N) is 1. The van der Waals surface area contributed by atoms with Crippen molar-refractivity contribution in [3.05, 3.63) is 99.6 Å². The van der Waals surface area contributed by atoms with Gasteiger partial charge in [-0.25, -0.2) is 14.9 Å². The minimum Gasteiger partial charge on any atom is -0.508 e. The monoisotopic (exact) mass is 588 g/mol. The fraction of sp³-hybridized carbons (Fsp3) is 0.222. The summed E-state index contributed by atoms with van der Waals surface area (Å²) in [7, 11) is 0. The van der Waals surface area contributed by atoms with Gasteiger partial charge in [0.1, 0.15) is 29.3 Å². The molecule has 0 aromatic heterocycles. The molecule has 0 saturated carbocycles. The second-order valence-corrected chi connectivity index (χ2v) is 8.78. The zero-order chi connectivity index (χ0) is 31.8. The Morgan fingerprint density at radius 2 is 0.905 bits per heavy atom. The lowest BCUT2D eigenvalue weighted by Gasteiger charge is -2.08. The summed E-state index contributed by atoms with van der Waals surface area (Å²) >= 11 is 0. The molecule has 0 bridgehead atoms. The molecule has 0 aliphatic rings. The molecular weight excluding hydrogens is 556 g/mol. The molecule has 15 heteroatoms. The molecule has 0 amide bonds. The van der Waals surface area contributed by atoms with Crippen molar-refractivity contribution in [2.75, 3.05) is 0 Å². The lowest BCUT2D eigenvalue weighted by molar-refractivity contribution is -0.548. The maximum Gasteiger partial charge on any atom is 0.332 e. The van der Waals surface area contributed by atoms with Crippen LogP contribution in [0.1, 0.15) is 16.7 Å². The maximum absolute atomic E-state index is 10.7. The lowest BCUT2D eigenvalue weighted by atomic mass is 10.1. The number of carboxylic acids is 3. The van der Waals surface area contributed by atoms with E-state index < -0.39 is 41.1 Å². The van der Waals surface area contributed by atoms with Crippen LogP contribution in [0.25, 0.3) is 0 Å². The van der Waals surface area contributed by atoms with Crippen molar-refractivity contribution in [3.8, 4) is 17.2 Å². The summed E-state index contributed by atoms with van der Waals surface area (Å²) in [6, 6.07) is 15.4. The number of hydrazine groups is 1. The number of carbonyl (C=O) groups is 3. The Labute approximate surface area is 239 Å². The van der Waals surface area contributed by atoms with Crippen LogP contribution in [0.15, 0.2) is 72.8 Å². The first-order valence-electron chi connectivity index (χ1n) is 12.1. The second kappa shape index (κ2) is 17.3. The first-order chi connectivity index (χ1) is 19.7. The Morgan fingerprint density at radius 3 is 1.14 bits per heavy atom. The molecule has 0 unspecified atom stereocenters. The molecule has 0 saturated heterocycles. The molecule has 42 heavy (non-hydrogen) atoms. The summed E-state index contributed by atoms with van der Waals surface area (Å²) < 4.78 is 0. The van der Waals surface area contributed by atoms with E-state index in [-0.39, 0.29) is 36.5 Å². The molecule has 0 aliphatic carbocycles. The molecule has 0 aliphatic heterocycles. The smallest absolute Gasteiger partial charge is 0.332 e. The topological polar surface area (TPSA) is 280 Å². The highest BCUT2D eigenvalue weighted by Gasteiger charge is 2.22. The van der Waals surface area contributed by atoms with Crippen molar-refractivity contribution in [2.45, 2.75) is 37.4 Å². The van der Waals surface area contributed by atoms with Crippen LogP contribution in [0, 0.1) is 10.1 Å². The number of benzene rings is 3. The molecule has 3 rings (SSSR count). The van der Waals surface area contributed by atoms with Gasteiger partial charge >= 0.3 is 17.9 Å². The molecule has 15 nitrogen and oxygen atoms in total. The van der Waals surface area contributed by atoms with Gasteiger partial charge in [-0.2, -0.15) is 0 Å². The Hall–Kier alpha value is -5.41. The number of nitrogens with one attached hydrogen (secondary N) is 1. The van der Waals surface area contributed by atoms with E-state index in [9.17, 15) is 24.5 Å². The zero-order valence-electron chi connectivity index (χ0n) is 22.1. The lowest BCUT2D eigenvalue weighted by Crippen LogP contribution is -2.41. The van der Waals surface area contributed by atoms with Crippen molar-refractivity contribution >= 4 is 17.9 Å².